The fourth-order valence-corrected chi connectivity index (χ4v) is 4.89. The predicted molar refractivity (Wildman–Crippen MR) is 82.7 cm³/mol. The van der Waals surface area contributed by atoms with Gasteiger partial charge in [0.25, 0.3) is 0 Å². The SMILES string of the molecule is CC1(C)O[C@@]2(C)O[C@@](C)(CO)[C@]3(C)OC(C)(C)O[C@@]3(C)[C@]2(C)O1. The molecule has 0 spiro atoms. The molecule has 3 saturated heterocycles. The highest BCUT2D eigenvalue weighted by Crippen LogP contribution is 2.66. The highest BCUT2D eigenvalue weighted by molar-refractivity contribution is 5.28. The third kappa shape index (κ3) is 1.80. The van der Waals surface area contributed by atoms with Gasteiger partial charge in [-0.2, -0.15) is 0 Å². The van der Waals surface area contributed by atoms with Gasteiger partial charge < -0.3 is 28.8 Å². The molecule has 3 fully saturated rings. The van der Waals surface area contributed by atoms with E-state index in [9.17, 15) is 5.11 Å². The summed E-state index contributed by atoms with van der Waals surface area (Å²) in [4.78, 5) is 0. The second kappa shape index (κ2) is 4.11. The van der Waals surface area contributed by atoms with Crippen molar-refractivity contribution in [2.24, 2.45) is 0 Å². The molecule has 0 radical (unpaired) electrons. The molecule has 3 heterocycles. The maximum absolute atomic E-state index is 10.1. The quantitative estimate of drug-likeness (QED) is 0.796. The van der Waals surface area contributed by atoms with Crippen LogP contribution in [0.2, 0.25) is 0 Å². The Balaban J connectivity index is 2.26. The first-order valence-electron chi connectivity index (χ1n) is 8.21. The maximum atomic E-state index is 10.1. The lowest BCUT2D eigenvalue weighted by atomic mass is 9.61. The highest BCUT2D eigenvalue weighted by Gasteiger charge is 2.84. The lowest BCUT2D eigenvalue weighted by Crippen LogP contribution is -2.82. The lowest BCUT2D eigenvalue weighted by molar-refractivity contribution is -0.395. The first-order chi connectivity index (χ1) is 10.1. The van der Waals surface area contributed by atoms with Crippen molar-refractivity contribution in [3.63, 3.8) is 0 Å². The maximum Gasteiger partial charge on any atom is 0.201 e. The minimum atomic E-state index is -1.09. The molecule has 0 saturated carbocycles. The van der Waals surface area contributed by atoms with E-state index in [1.54, 1.807) is 0 Å². The van der Waals surface area contributed by atoms with Crippen molar-refractivity contribution in [1.82, 2.24) is 0 Å². The Morgan fingerprint density at radius 2 is 1.00 bits per heavy atom. The fourth-order valence-electron chi connectivity index (χ4n) is 4.89. The summed E-state index contributed by atoms with van der Waals surface area (Å²) in [5.74, 6) is -2.77. The predicted octanol–water partition coefficient (Wildman–Crippen LogP) is 2.33. The molecule has 0 aliphatic carbocycles. The van der Waals surface area contributed by atoms with Crippen LogP contribution in [-0.2, 0) is 23.7 Å². The third-order valence-electron chi connectivity index (χ3n) is 6.21. The molecule has 0 aromatic carbocycles. The number of aliphatic hydroxyl groups is 1. The third-order valence-corrected chi connectivity index (χ3v) is 6.21. The van der Waals surface area contributed by atoms with E-state index in [1.807, 2.05) is 62.3 Å². The molecule has 0 unspecified atom stereocenters. The Bertz CT molecular complexity index is 547. The summed E-state index contributed by atoms with van der Waals surface area (Å²) in [6, 6.07) is 0. The molecule has 1 N–H and O–H groups in total. The molecule has 23 heavy (non-hydrogen) atoms. The molecular weight excluding hydrogens is 300 g/mol. The van der Waals surface area contributed by atoms with Crippen LogP contribution in [-0.4, -0.2) is 51.5 Å². The van der Waals surface area contributed by atoms with Gasteiger partial charge in [0.05, 0.1) is 6.61 Å². The number of hydrogen-bond acceptors (Lipinski definition) is 6. The monoisotopic (exact) mass is 330 g/mol. The summed E-state index contributed by atoms with van der Waals surface area (Å²) in [6.45, 7) is 16.7. The van der Waals surface area contributed by atoms with Gasteiger partial charge in [-0.05, 0) is 62.3 Å². The van der Waals surface area contributed by atoms with Crippen LogP contribution in [0.3, 0.4) is 0 Å². The first-order valence-corrected chi connectivity index (χ1v) is 8.21. The van der Waals surface area contributed by atoms with E-state index in [-0.39, 0.29) is 6.61 Å². The smallest absolute Gasteiger partial charge is 0.201 e. The zero-order valence-electron chi connectivity index (χ0n) is 15.7. The topological polar surface area (TPSA) is 66.4 Å². The fraction of sp³-hybridized carbons (Fsp3) is 1.00. The molecule has 6 nitrogen and oxygen atoms in total. The van der Waals surface area contributed by atoms with Crippen LogP contribution in [0.25, 0.3) is 0 Å². The molecule has 3 aliphatic heterocycles. The van der Waals surface area contributed by atoms with Crippen LogP contribution in [0.5, 0.6) is 0 Å². The number of fused-ring (bicyclic) bond motifs is 3. The molecule has 3 rings (SSSR count). The zero-order valence-corrected chi connectivity index (χ0v) is 15.7. The summed E-state index contributed by atoms with van der Waals surface area (Å²) in [5.41, 5.74) is -3.79. The summed E-state index contributed by atoms with van der Waals surface area (Å²) in [6.07, 6.45) is 0. The van der Waals surface area contributed by atoms with Gasteiger partial charge in [0.15, 0.2) is 17.2 Å². The van der Waals surface area contributed by atoms with E-state index >= 15 is 0 Å². The highest BCUT2D eigenvalue weighted by atomic mass is 16.9. The average Bonchev–Trinajstić information content (AvgIpc) is 2.65. The molecule has 3 aliphatic rings. The van der Waals surface area contributed by atoms with Crippen molar-refractivity contribution in [3.8, 4) is 0 Å². The second-order valence-corrected chi connectivity index (χ2v) is 8.74. The van der Waals surface area contributed by atoms with Crippen molar-refractivity contribution in [1.29, 1.82) is 0 Å². The minimum Gasteiger partial charge on any atom is -0.393 e. The summed E-state index contributed by atoms with van der Waals surface area (Å²) >= 11 is 0. The molecule has 0 amide bonds. The Kier molecular flexibility index (Phi) is 3.14. The van der Waals surface area contributed by atoms with Gasteiger partial charge in [0.2, 0.25) is 5.79 Å². The average molecular weight is 330 g/mol. The van der Waals surface area contributed by atoms with Crippen molar-refractivity contribution < 1.29 is 28.8 Å². The minimum absolute atomic E-state index is 0.228. The largest absolute Gasteiger partial charge is 0.393 e. The molecule has 134 valence electrons. The Labute approximate surface area is 138 Å². The van der Waals surface area contributed by atoms with E-state index in [0.717, 1.165) is 0 Å². The van der Waals surface area contributed by atoms with Crippen LogP contribution in [0.15, 0.2) is 0 Å². The molecule has 5 atom stereocenters. The van der Waals surface area contributed by atoms with Gasteiger partial charge in [0, 0.05) is 0 Å². The van der Waals surface area contributed by atoms with E-state index in [2.05, 4.69) is 0 Å². The van der Waals surface area contributed by atoms with Gasteiger partial charge in [0.1, 0.15) is 16.8 Å². The Morgan fingerprint density at radius 1 is 0.565 bits per heavy atom. The van der Waals surface area contributed by atoms with Crippen LogP contribution in [0.1, 0.15) is 62.3 Å². The van der Waals surface area contributed by atoms with Crippen molar-refractivity contribution >= 4 is 0 Å². The summed E-state index contributed by atoms with van der Waals surface area (Å²) in [5, 5.41) is 10.1. The van der Waals surface area contributed by atoms with Crippen LogP contribution in [0, 0.1) is 0 Å². The molecule has 0 aromatic rings. The van der Waals surface area contributed by atoms with Crippen LogP contribution >= 0.6 is 0 Å². The molecule has 0 bridgehead atoms. The second-order valence-electron chi connectivity index (χ2n) is 8.74. The van der Waals surface area contributed by atoms with Crippen LogP contribution < -0.4 is 0 Å². The number of aliphatic hydroxyl groups excluding tert-OH is 1. The van der Waals surface area contributed by atoms with Crippen molar-refractivity contribution in [2.45, 2.75) is 102 Å². The number of rotatable bonds is 1. The van der Waals surface area contributed by atoms with Gasteiger partial charge in [-0.25, -0.2) is 0 Å². The zero-order chi connectivity index (χ0) is 17.7. The van der Waals surface area contributed by atoms with Gasteiger partial charge in [-0.3, -0.25) is 0 Å². The normalized spacial score (nSPS) is 57.1. The standard InChI is InChI=1S/C17H30O6/c1-11(2)19-14(6)13(5,10-18)23-17(9)16(8,15(14,7)20-11)21-12(3,4)22-17/h18H,10H2,1-9H3/t13-,14-,15+,16-,17-/m0/s1. The number of ether oxygens (including phenoxy) is 5. The molecular formula is C17H30O6. The van der Waals surface area contributed by atoms with E-state index in [1.165, 1.54) is 0 Å². The van der Waals surface area contributed by atoms with Gasteiger partial charge in [-0.1, -0.05) is 0 Å². The number of hydrogen-bond donors (Lipinski definition) is 1. The van der Waals surface area contributed by atoms with Gasteiger partial charge >= 0.3 is 0 Å². The Morgan fingerprint density at radius 3 is 1.52 bits per heavy atom. The van der Waals surface area contributed by atoms with Crippen LogP contribution in [0.4, 0.5) is 0 Å². The van der Waals surface area contributed by atoms with E-state index in [0.29, 0.717) is 0 Å². The Hall–Kier alpha value is -0.240. The molecule has 0 aromatic heterocycles. The van der Waals surface area contributed by atoms with E-state index in [4.69, 9.17) is 23.7 Å². The van der Waals surface area contributed by atoms with E-state index < -0.39 is 39.8 Å². The first kappa shape index (κ1) is 17.6. The lowest BCUT2D eigenvalue weighted by Gasteiger charge is -2.63. The van der Waals surface area contributed by atoms with Crippen molar-refractivity contribution in [3.05, 3.63) is 0 Å². The molecule has 6 heteroatoms. The summed E-state index contributed by atoms with van der Waals surface area (Å²) in [7, 11) is 0. The van der Waals surface area contributed by atoms with Gasteiger partial charge in [-0.15, -0.1) is 0 Å². The summed E-state index contributed by atoms with van der Waals surface area (Å²) < 4.78 is 31.5. The van der Waals surface area contributed by atoms with Crippen molar-refractivity contribution in [2.75, 3.05) is 6.61 Å².